The van der Waals surface area contributed by atoms with Gasteiger partial charge in [-0.25, -0.2) is 0 Å². The van der Waals surface area contributed by atoms with E-state index in [2.05, 4.69) is 5.32 Å². The number of ether oxygens (including phenoxy) is 2. The van der Waals surface area contributed by atoms with E-state index >= 15 is 0 Å². The second-order valence-electron chi connectivity index (χ2n) is 8.37. The lowest BCUT2D eigenvalue weighted by Gasteiger charge is -2.31. The summed E-state index contributed by atoms with van der Waals surface area (Å²) in [5.74, 6) is 1.27. The maximum absolute atomic E-state index is 13.4. The van der Waals surface area contributed by atoms with Crippen LogP contribution in [0.2, 0.25) is 0 Å². The van der Waals surface area contributed by atoms with Gasteiger partial charge in [0.2, 0.25) is 11.8 Å². The lowest BCUT2D eigenvalue weighted by molar-refractivity contribution is -0.141. The van der Waals surface area contributed by atoms with E-state index in [4.69, 9.17) is 9.47 Å². The minimum absolute atomic E-state index is 0.0362. The molecule has 0 aliphatic heterocycles. The van der Waals surface area contributed by atoms with Gasteiger partial charge in [-0.15, -0.1) is 0 Å². The fraction of sp³-hybridized carbons (Fsp3) is 0.500. The van der Waals surface area contributed by atoms with Crippen LogP contribution in [0.25, 0.3) is 0 Å². The number of hydrogen-bond donors (Lipinski definition) is 1. The van der Waals surface area contributed by atoms with Crippen molar-refractivity contribution in [3.63, 3.8) is 0 Å². The van der Waals surface area contributed by atoms with Gasteiger partial charge in [0.15, 0.2) is 11.5 Å². The molecular formula is C28H40N2O4. The molecule has 1 N–H and O–H groups in total. The summed E-state index contributed by atoms with van der Waals surface area (Å²) in [5.41, 5.74) is 3.18. The molecule has 0 fully saturated rings. The van der Waals surface area contributed by atoms with E-state index in [0.717, 1.165) is 23.1 Å². The monoisotopic (exact) mass is 468 g/mol. The van der Waals surface area contributed by atoms with Crippen LogP contribution in [0.1, 0.15) is 63.6 Å². The molecule has 2 rings (SSSR count). The smallest absolute Gasteiger partial charge is 0.242 e. The summed E-state index contributed by atoms with van der Waals surface area (Å²) in [6.07, 6.45) is 2.28. The first kappa shape index (κ1) is 27.2. The van der Waals surface area contributed by atoms with Crippen molar-refractivity contribution in [3.05, 3.63) is 59.2 Å². The van der Waals surface area contributed by atoms with Gasteiger partial charge in [-0.1, -0.05) is 49.7 Å². The van der Waals surface area contributed by atoms with Crippen molar-refractivity contribution in [3.8, 4) is 11.5 Å². The van der Waals surface area contributed by atoms with Gasteiger partial charge in [0.05, 0.1) is 13.2 Å². The molecule has 0 aromatic heterocycles. The quantitative estimate of drug-likeness (QED) is 0.421. The number of nitrogens with zero attached hydrogens (tertiary/aromatic N) is 1. The normalized spacial score (nSPS) is 11.6. The largest absolute Gasteiger partial charge is 0.490 e. The van der Waals surface area contributed by atoms with Crippen molar-refractivity contribution in [1.82, 2.24) is 10.2 Å². The highest BCUT2D eigenvalue weighted by atomic mass is 16.5. The molecule has 2 aromatic carbocycles. The average molecular weight is 469 g/mol. The first-order chi connectivity index (χ1) is 16.4. The highest BCUT2D eigenvalue weighted by molar-refractivity contribution is 5.87. The molecule has 2 aromatic rings. The van der Waals surface area contributed by atoms with Crippen LogP contribution in [0, 0.1) is 6.92 Å². The summed E-state index contributed by atoms with van der Waals surface area (Å²) in [4.78, 5) is 28.0. The molecule has 0 bridgehead atoms. The third-order valence-corrected chi connectivity index (χ3v) is 5.64. The van der Waals surface area contributed by atoms with Gasteiger partial charge in [-0.3, -0.25) is 9.59 Å². The molecule has 0 radical (unpaired) electrons. The summed E-state index contributed by atoms with van der Waals surface area (Å²) in [6.45, 7) is 12.0. The van der Waals surface area contributed by atoms with Crippen molar-refractivity contribution in [1.29, 1.82) is 0 Å². The standard InChI is InChI=1S/C28H40N2O4/c1-6-18-29-28(32)24(7-2)30(20-23-12-10-21(5)11-13-23)27(31)17-15-22-14-16-25(33-8-3)26(19-22)34-9-4/h10-14,16,19,24H,6-9,15,17-18,20H2,1-5H3,(H,29,32)/t24-/m1/s1. The van der Waals surface area contributed by atoms with E-state index in [-0.39, 0.29) is 11.8 Å². The maximum Gasteiger partial charge on any atom is 0.242 e. The third-order valence-electron chi connectivity index (χ3n) is 5.64. The Morgan fingerprint density at radius 2 is 1.56 bits per heavy atom. The Hall–Kier alpha value is -3.02. The van der Waals surface area contributed by atoms with Gasteiger partial charge in [0, 0.05) is 19.5 Å². The minimum atomic E-state index is -0.500. The summed E-state index contributed by atoms with van der Waals surface area (Å²) >= 11 is 0. The molecule has 6 heteroatoms. The topological polar surface area (TPSA) is 67.9 Å². The van der Waals surface area contributed by atoms with Crippen LogP contribution in [-0.2, 0) is 22.6 Å². The molecule has 34 heavy (non-hydrogen) atoms. The minimum Gasteiger partial charge on any atom is -0.490 e. The highest BCUT2D eigenvalue weighted by Crippen LogP contribution is 2.29. The van der Waals surface area contributed by atoms with Gasteiger partial charge >= 0.3 is 0 Å². The number of carbonyl (C=O) groups excluding carboxylic acids is 2. The number of rotatable bonds is 14. The molecule has 6 nitrogen and oxygen atoms in total. The SMILES string of the molecule is CCCNC(=O)[C@@H](CC)N(Cc1ccc(C)cc1)C(=O)CCc1ccc(OCC)c(OCC)c1. The third kappa shape index (κ3) is 8.08. The second kappa shape index (κ2) is 14.3. The summed E-state index contributed by atoms with van der Waals surface area (Å²) in [7, 11) is 0. The predicted molar refractivity (Wildman–Crippen MR) is 136 cm³/mol. The zero-order valence-corrected chi connectivity index (χ0v) is 21.4. The van der Waals surface area contributed by atoms with Gasteiger partial charge in [0.1, 0.15) is 6.04 Å². The summed E-state index contributed by atoms with van der Waals surface area (Å²) in [5, 5.41) is 2.96. The number of nitrogens with one attached hydrogen (secondary N) is 1. The molecule has 1 atom stereocenters. The fourth-order valence-corrected chi connectivity index (χ4v) is 3.82. The van der Waals surface area contributed by atoms with Crippen molar-refractivity contribution >= 4 is 11.8 Å². The van der Waals surface area contributed by atoms with Crippen LogP contribution in [0.5, 0.6) is 11.5 Å². The Bertz CT molecular complexity index is 911. The Morgan fingerprint density at radius 3 is 2.18 bits per heavy atom. The zero-order valence-electron chi connectivity index (χ0n) is 21.4. The molecule has 0 aliphatic rings. The molecule has 0 spiro atoms. The van der Waals surface area contributed by atoms with Crippen LogP contribution in [0.3, 0.4) is 0 Å². The number of benzene rings is 2. The lowest BCUT2D eigenvalue weighted by Crippen LogP contribution is -2.49. The molecule has 0 saturated heterocycles. The fourth-order valence-electron chi connectivity index (χ4n) is 3.82. The average Bonchev–Trinajstić information content (AvgIpc) is 2.84. The molecular weight excluding hydrogens is 428 g/mol. The predicted octanol–water partition coefficient (Wildman–Crippen LogP) is 5.06. The van der Waals surface area contributed by atoms with Gasteiger partial charge in [0.25, 0.3) is 0 Å². The zero-order chi connectivity index (χ0) is 24.9. The van der Waals surface area contributed by atoms with Crippen molar-refractivity contribution in [2.24, 2.45) is 0 Å². The lowest BCUT2D eigenvalue weighted by atomic mass is 10.0. The van der Waals surface area contributed by atoms with E-state index in [1.165, 1.54) is 0 Å². The van der Waals surface area contributed by atoms with Crippen LogP contribution in [0.15, 0.2) is 42.5 Å². The molecule has 0 saturated carbocycles. The van der Waals surface area contributed by atoms with E-state index < -0.39 is 6.04 Å². The Labute approximate surface area is 204 Å². The first-order valence-corrected chi connectivity index (χ1v) is 12.4. The molecule has 0 heterocycles. The van der Waals surface area contributed by atoms with Crippen molar-refractivity contribution < 1.29 is 19.1 Å². The Morgan fingerprint density at radius 1 is 0.912 bits per heavy atom. The van der Waals surface area contributed by atoms with E-state index in [0.29, 0.717) is 57.1 Å². The van der Waals surface area contributed by atoms with E-state index in [1.807, 2.05) is 77.1 Å². The first-order valence-electron chi connectivity index (χ1n) is 12.4. The Kier molecular flexibility index (Phi) is 11.4. The molecule has 0 unspecified atom stereocenters. The summed E-state index contributed by atoms with van der Waals surface area (Å²) < 4.78 is 11.4. The van der Waals surface area contributed by atoms with Gasteiger partial charge in [-0.2, -0.15) is 0 Å². The second-order valence-corrected chi connectivity index (χ2v) is 8.37. The van der Waals surface area contributed by atoms with Gasteiger partial charge < -0.3 is 19.7 Å². The van der Waals surface area contributed by atoms with Crippen molar-refractivity contribution in [2.45, 2.75) is 72.9 Å². The Balaban J connectivity index is 2.20. The summed E-state index contributed by atoms with van der Waals surface area (Å²) in [6, 6.07) is 13.4. The van der Waals surface area contributed by atoms with Crippen LogP contribution >= 0.6 is 0 Å². The molecule has 186 valence electrons. The van der Waals surface area contributed by atoms with Gasteiger partial charge in [-0.05, 0) is 63.3 Å². The number of amides is 2. The van der Waals surface area contributed by atoms with Crippen LogP contribution in [-0.4, -0.2) is 42.5 Å². The molecule has 2 amide bonds. The number of aryl methyl sites for hydroxylation is 2. The number of hydrogen-bond acceptors (Lipinski definition) is 4. The highest BCUT2D eigenvalue weighted by Gasteiger charge is 2.28. The van der Waals surface area contributed by atoms with Crippen molar-refractivity contribution in [2.75, 3.05) is 19.8 Å². The van der Waals surface area contributed by atoms with Crippen LogP contribution in [0.4, 0.5) is 0 Å². The van der Waals surface area contributed by atoms with E-state index in [9.17, 15) is 9.59 Å². The van der Waals surface area contributed by atoms with Crippen LogP contribution < -0.4 is 14.8 Å². The van der Waals surface area contributed by atoms with E-state index in [1.54, 1.807) is 4.90 Å². The maximum atomic E-state index is 13.4. The molecule has 0 aliphatic carbocycles. The number of carbonyl (C=O) groups is 2.